The van der Waals surface area contributed by atoms with Crippen LogP contribution in [0.15, 0.2) is 26.2 Å². The first-order valence-corrected chi connectivity index (χ1v) is 8.27. The molecular formula is C16H17BrN2O4. The van der Waals surface area contributed by atoms with E-state index in [9.17, 15) is 19.5 Å². The zero-order chi connectivity index (χ0) is 16.9. The Morgan fingerprint density at radius 2 is 2.13 bits per heavy atom. The van der Waals surface area contributed by atoms with Gasteiger partial charge in [0.2, 0.25) is 0 Å². The van der Waals surface area contributed by atoms with Crippen LogP contribution in [0.3, 0.4) is 0 Å². The Hall–Kier alpha value is -1.89. The zero-order valence-corrected chi connectivity index (χ0v) is 14.4. The topological polar surface area (TPSA) is 92.2 Å². The van der Waals surface area contributed by atoms with E-state index >= 15 is 0 Å². The minimum atomic E-state index is -0.971. The van der Waals surface area contributed by atoms with E-state index in [1.807, 2.05) is 19.9 Å². The van der Waals surface area contributed by atoms with Gasteiger partial charge in [0.1, 0.15) is 0 Å². The summed E-state index contributed by atoms with van der Waals surface area (Å²) in [5.41, 5.74) is 0.736. The Morgan fingerprint density at radius 3 is 2.74 bits per heavy atom. The molecule has 0 aliphatic carbocycles. The first kappa shape index (κ1) is 16.0. The maximum Gasteiger partial charge on any atom is 0.317 e. The van der Waals surface area contributed by atoms with E-state index in [1.54, 1.807) is 6.07 Å². The zero-order valence-electron chi connectivity index (χ0n) is 12.8. The highest BCUT2D eigenvalue weighted by Crippen LogP contribution is 2.39. The number of rotatable bonds is 3. The van der Waals surface area contributed by atoms with E-state index in [0.717, 1.165) is 10.0 Å². The highest BCUT2D eigenvalue weighted by Gasteiger charge is 2.35. The van der Waals surface area contributed by atoms with Crippen molar-refractivity contribution in [1.29, 1.82) is 0 Å². The highest BCUT2D eigenvalue weighted by atomic mass is 79.9. The standard InChI is InChI=1S/C16H17BrN2O4/c1-7(2)10-4-8-3-9(17)5-11-14(8)19(12(10)6-13(20)21)16(23)15(22)18-11/h3,5,7,10,12H,4,6H2,1-2H3,(H,18,22)(H,20,21)/t10-,12-/m1/s1. The third-order valence-electron chi connectivity index (χ3n) is 4.58. The average molecular weight is 381 g/mol. The molecule has 0 saturated carbocycles. The minimum Gasteiger partial charge on any atom is -0.481 e. The van der Waals surface area contributed by atoms with Crippen LogP contribution in [-0.4, -0.2) is 20.6 Å². The smallest absolute Gasteiger partial charge is 0.317 e. The lowest BCUT2D eigenvalue weighted by molar-refractivity contribution is -0.138. The van der Waals surface area contributed by atoms with Crippen molar-refractivity contribution in [2.24, 2.45) is 11.8 Å². The lowest BCUT2D eigenvalue weighted by Gasteiger charge is -2.36. The monoisotopic (exact) mass is 380 g/mol. The summed E-state index contributed by atoms with van der Waals surface area (Å²) in [6.07, 6.45) is 0.508. The number of carboxylic acids is 1. The van der Waals surface area contributed by atoms with Crippen LogP contribution in [0.5, 0.6) is 0 Å². The molecule has 2 atom stereocenters. The van der Waals surface area contributed by atoms with Gasteiger partial charge < -0.3 is 10.1 Å². The van der Waals surface area contributed by atoms with Crippen LogP contribution in [0, 0.1) is 11.8 Å². The van der Waals surface area contributed by atoms with E-state index in [-0.39, 0.29) is 18.3 Å². The molecule has 0 spiro atoms. The van der Waals surface area contributed by atoms with Gasteiger partial charge in [-0.3, -0.25) is 19.0 Å². The molecule has 1 aliphatic heterocycles. The van der Waals surface area contributed by atoms with Gasteiger partial charge in [-0.15, -0.1) is 0 Å². The van der Waals surface area contributed by atoms with Gasteiger partial charge in [0.05, 0.1) is 23.5 Å². The van der Waals surface area contributed by atoms with Gasteiger partial charge in [-0.05, 0) is 36.0 Å². The number of hydrogen-bond donors (Lipinski definition) is 2. The molecule has 7 heteroatoms. The van der Waals surface area contributed by atoms with E-state index < -0.39 is 23.1 Å². The number of nitrogens with zero attached hydrogens (tertiary/aromatic N) is 1. The number of aromatic nitrogens is 2. The second-order valence-electron chi connectivity index (χ2n) is 6.37. The second-order valence-corrected chi connectivity index (χ2v) is 7.28. The van der Waals surface area contributed by atoms with Crippen LogP contribution in [0.2, 0.25) is 0 Å². The molecule has 1 aromatic carbocycles. The van der Waals surface area contributed by atoms with Gasteiger partial charge in [0.15, 0.2) is 0 Å². The first-order valence-electron chi connectivity index (χ1n) is 7.48. The molecule has 1 aliphatic rings. The van der Waals surface area contributed by atoms with Crippen molar-refractivity contribution in [3.05, 3.63) is 42.9 Å². The summed E-state index contributed by atoms with van der Waals surface area (Å²) in [4.78, 5) is 38.4. The Kier molecular flexibility index (Phi) is 3.91. The average Bonchev–Trinajstić information content (AvgIpc) is 2.44. The van der Waals surface area contributed by atoms with Crippen LogP contribution < -0.4 is 11.1 Å². The lowest BCUT2D eigenvalue weighted by Crippen LogP contribution is -2.44. The predicted molar refractivity (Wildman–Crippen MR) is 89.9 cm³/mol. The molecular weight excluding hydrogens is 364 g/mol. The summed E-state index contributed by atoms with van der Waals surface area (Å²) >= 11 is 3.42. The maximum absolute atomic E-state index is 12.5. The van der Waals surface area contributed by atoms with Crippen molar-refractivity contribution in [3.63, 3.8) is 0 Å². The van der Waals surface area contributed by atoms with Crippen molar-refractivity contribution in [1.82, 2.24) is 9.55 Å². The number of aromatic amines is 1. The van der Waals surface area contributed by atoms with Gasteiger partial charge in [-0.2, -0.15) is 0 Å². The molecule has 0 fully saturated rings. The van der Waals surface area contributed by atoms with Crippen molar-refractivity contribution >= 4 is 32.9 Å². The number of hydrogen-bond acceptors (Lipinski definition) is 3. The summed E-state index contributed by atoms with van der Waals surface area (Å²) in [6.45, 7) is 4.02. The van der Waals surface area contributed by atoms with Gasteiger partial charge in [0, 0.05) is 4.47 Å². The number of carboxylic acid groups (broad SMARTS) is 1. The lowest BCUT2D eigenvalue weighted by atomic mass is 9.79. The minimum absolute atomic E-state index is 0.0180. The molecule has 0 bridgehead atoms. The summed E-state index contributed by atoms with van der Waals surface area (Å²) in [6, 6.07) is 3.16. The Bertz CT molecular complexity index is 913. The van der Waals surface area contributed by atoms with Crippen molar-refractivity contribution in [3.8, 4) is 0 Å². The number of benzene rings is 1. The van der Waals surface area contributed by atoms with Gasteiger partial charge in [-0.1, -0.05) is 29.8 Å². The molecule has 2 heterocycles. The van der Waals surface area contributed by atoms with Crippen molar-refractivity contribution in [2.45, 2.75) is 32.7 Å². The molecule has 0 radical (unpaired) electrons. The SMILES string of the molecule is CC(C)[C@H]1Cc2cc(Br)cc3[nH]c(=O)c(=O)n(c23)[C@@H]1CC(=O)O. The Balaban J connectivity index is 2.40. The number of aliphatic carboxylic acids is 1. The predicted octanol–water partition coefficient (Wildman–Crippen LogP) is 2.30. The fraction of sp³-hybridized carbons (Fsp3) is 0.438. The summed E-state index contributed by atoms with van der Waals surface area (Å²) in [7, 11) is 0. The van der Waals surface area contributed by atoms with Crippen LogP contribution in [0.4, 0.5) is 0 Å². The molecule has 1 aromatic heterocycles. The Labute approximate surface area is 140 Å². The largest absolute Gasteiger partial charge is 0.481 e. The van der Waals surface area contributed by atoms with E-state index in [1.165, 1.54) is 4.57 Å². The Morgan fingerprint density at radius 1 is 1.43 bits per heavy atom. The third-order valence-corrected chi connectivity index (χ3v) is 5.04. The number of halogens is 1. The quantitative estimate of drug-likeness (QED) is 0.798. The molecule has 122 valence electrons. The fourth-order valence-electron chi connectivity index (χ4n) is 3.58. The van der Waals surface area contributed by atoms with Gasteiger partial charge in [0.25, 0.3) is 0 Å². The second kappa shape index (κ2) is 5.63. The van der Waals surface area contributed by atoms with Crippen LogP contribution in [0.25, 0.3) is 11.0 Å². The van der Waals surface area contributed by atoms with Crippen LogP contribution in [-0.2, 0) is 11.2 Å². The van der Waals surface area contributed by atoms with E-state index in [0.29, 0.717) is 17.5 Å². The van der Waals surface area contributed by atoms with Crippen LogP contribution >= 0.6 is 15.9 Å². The maximum atomic E-state index is 12.5. The van der Waals surface area contributed by atoms with E-state index in [4.69, 9.17) is 0 Å². The molecule has 3 rings (SSSR count). The first-order chi connectivity index (χ1) is 10.8. The van der Waals surface area contributed by atoms with Crippen LogP contribution in [0.1, 0.15) is 31.9 Å². The molecule has 2 aromatic rings. The number of carbonyl (C=O) groups is 1. The summed E-state index contributed by atoms with van der Waals surface area (Å²) in [5, 5.41) is 9.26. The van der Waals surface area contributed by atoms with Crippen molar-refractivity contribution in [2.75, 3.05) is 0 Å². The normalized spacial score (nSPS) is 20.2. The molecule has 23 heavy (non-hydrogen) atoms. The molecule has 0 amide bonds. The highest BCUT2D eigenvalue weighted by molar-refractivity contribution is 9.10. The number of H-pyrrole nitrogens is 1. The summed E-state index contributed by atoms with van der Waals surface area (Å²) < 4.78 is 2.22. The fourth-order valence-corrected chi connectivity index (χ4v) is 4.08. The van der Waals surface area contributed by atoms with Crippen molar-refractivity contribution < 1.29 is 9.90 Å². The summed E-state index contributed by atoms with van der Waals surface area (Å²) in [5.74, 6) is -0.801. The molecule has 6 nitrogen and oxygen atoms in total. The van der Waals surface area contributed by atoms with Gasteiger partial charge in [-0.25, -0.2) is 0 Å². The van der Waals surface area contributed by atoms with Gasteiger partial charge >= 0.3 is 17.1 Å². The van der Waals surface area contributed by atoms with E-state index in [2.05, 4.69) is 20.9 Å². The third kappa shape index (κ3) is 2.63. The number of nitrogens with one attached hydrogen (secondary N) is 1. The molecule has 0 unspecified atom stereocenters. The molecule has 2 N–H and O–H groups in total. The molecule has 0 saturated heterocycles.